The lowest BCUT2D eigenvalue weighted by Crippen LogP contribution is -2.30. The minimum Gasteiger partial charge on any atom is -0.480 e. The Hall–Kier alpha value is -2.93. The number of aliphatic hydroxyl groups excluding tert-OH is 1. The largest absolute Gasteiger partial charge is 0.480 e. The second-order valence-corrected chi connectivity index (χ2v) is 5.84. The Morgan fingerprint density at radius 3 is 2.69 bits per heavy atom. The fourth-order valence-corrected chi connectivity index (χ4v) is 2.57. The van der Waals surface area contributed by atoms with Crippen LogP contribution in [-0.2, 0) is 17.8 Å². The van der Waals surface area contributed by atoms with Gasteiger partial charge < -0.3 is 15.5 Å². The van der Waals surface area contributed by atoms with E-state index in [0.29, 0.717) is 24.2 Å². The van der Waals surface area contributed by atoms with Gasteiger partial charge in [-0.2, -0.15) is 0 Å². The third-order valence-electron chi connectivity index (χ3n) is 3.88. The molecule has 0 fully saturated rings. The van der Waals surface area contributed by atoms with E-state index in [2.05, 4.69) is 10.3 Å². The molecule has 26 heavy (non-hydrogen) atoms. The first-order valence-corrected chi connectivity index (χ1v) is 8.40. The number of nitrogens with zero attached hydrogens (tertiary/aromatic N) is 2. The maximum atomic E-state index is 12.6. The monoisotopic (exact) mass is 357 g/mol. The molecule has 0 saturated carbocycles. The summed E-state index contributed by atoms with van der Waals surface area (Å²) < 4.78 is 1.18. The summed E-state index contributed by atoms with van der Waals surface area (Å²) >= 11 is 0. The first kappa shape index (κ1) is 19.4. The lowest BCUT2D eigenvalue weighted by molar-refractivity contribution is -0.137. The third-order valence-corrected chi connectivity index (χ3v) is 3.88. The van der Waals surface area contributed by atoms with E-state index >= 15 is 0 Å². The summed E-state index contributed by atoms with van der Waals surface area (Å²) in [5.74, 6) is -0.981. The van der Waals surface area contributed by atoms with Gasteiger partial charge in [0.15, 0.2) is 5.82 Å². The molecule has 0 radical (unpaired) electrons. The molecule has 0 spiro atoms. The summed E-state index contributed by atoms with van der Waals surface area (Å²) in [6.45, 7) is 1.80. The summed E-state index contributed by atoms with van der Waals surface area (Å²) in [7, 11) is 0. The van der Waals surface area contributed by atoms with Gasteiger partial charge in [0.2, 0.25) is 0 Å². The number of hydrogen-bond donors (Lipinski definition) is 3. The molecule has 138 valence electrons. The first-order chi connectivity index (χ1) is 12.5. The van der Waals surface area contributed by atoms with Gasteiger partial charge in [-0.1, -0.05) is 36.4 Å². The number of carbonyl (C=O) groups is 1. The Kier molecular flexibility index (Phi) is 7.11. The van der Waals surface area contributed by atoms with Gasteiger partial charge in [-0.3, -0.25) is 14.2 Å². The molecule has 0 bridgehead atoms. The average Bonchev–Trinajstić information content (AvgIpc) is 2.63. The van der Waals surface area contributed by atoms with Crippen molar-refractivity contribution in [2.45, 2.75) is 26.3 Å². The van der Waals surface area contributed by atoms with Crippen LogP contribution in [0.25, 0.3) is 5.57 Å². The Morgan fingerprint density at radius 1 is 1.31 bits per heavy atom. The number of carboxylic acids is 1. The van der Waals surface area contributed by atoms with Crippen molar-refractivity contribution in [1.29, 1.82) is 0 Å². The van der Waals surface area contributed by atoms with Crippen LogP contribution in [0.3, 0.4) is 0 Å². The molecule has 7 heteroatoms. The molecule has 0 aliphatic carbocycles. The third kappa shape index (κ3) is 5.29. The standard InChI is InChI=1S/C19H23N3O4/c1-14(6-5-11-23)16-12-21-18(19(26)22(16)13-17(24)25)20-10-9-15-7-3-2-4-8-15/h2-4,6-8,12,23H,5,9-11,13H2,1H3,(H,20,21)(H,24,25)/b14-6+. The SMILES string of the molecule is C/C(=C\CCO)c1cnc(NCCc2ccccc2)c(=O)n1CC(=O)O. The van der Waals surface area contributed by atoms with E-state index in [4.69, 9.17) is 10.2 Å². The summed E-state index contributed by atoms with van der Waals surface area (Å²) in [6.07, 6.45) is 4.37. The van der Waals surface area contributed by atoms with E-state index in [1.807, 2.05) is 30.3 Å². The number of benzene rings is 1. The number of rotatable bonds is 9. The van der Waals surface area contributed by atoms with Gasteiger partial charge in [0.25, 0.3) is 5.56 Å². The van der Waals surface area contributed by atoms with Crippen LogP contribution >= 0.6 is 0 Å². The molecule has 0 aliphatic heterocycles. The quantitative estimate of drug-likeness (QED) is 0.632. The molecule has 0 saturated heterocycles. The van der Waals surface area contributed by atoms with E-state index in [0.717, 1.165) is 12.0 Å². The average molecular weight is 357 g/mol. The lowest BCUT2D eigenvalue weighted by Gasteiger charge is -2.13. The molecule has 2 rings (SSSR count). The van der Waals surface area contributed by atoms with Crippen LogP contribution in [0.15, 0.2) is 47.4 Å². The first-order valence-electron chi connectivity index (χ1n) is 8.40. The topological polar surface area (TPSA) is 104 Å². The molecule has 1 heterocycles. The molecule has 0 atom stereocenters. The van der Waals surface area contributed by atoms with Crippen LogP contribution in [0.2, 0.25) is 0 Å². The predicted molar refractivity (Wildman–Crippen MR) is 100 cm³/mol. The normalized spacial score (nSPS) is 11.4. The summed E-state index contributed by atoms with van der Waals surface area (Å²) in [5.41, 5.74) is 1.78. The zero-order chi connectivity index (χ0) is 18.9. The van der Waals surface area contributed by atoms with Gasteiger partial charge >= 0.3 is 5.97 Å². The lowest BCUT2D eigenvalue weighted by atomic mass is 10.1. The van der Waals surface area contributed by atoms with Crippen LogP contribution in [0.4, 0.5) is 5.82 Å². The second-order valence-electron chi connectivity index (χ2n) is 5.84. The molecular formula is C19H23N3O4. The highest BCUT2D eigenvalue weighted by atomic mass is 16.4. The van der Waals surface area contributed by atoms with Gasteiger partial charge in [-0.25, -0.2) is 4.98 Å². The summed E-state index contributed by atoms with van der Waals surface area (Å²) in [5, 5.41) is 21.1. The molecule has 7 nitrogen and oxygen atoms in total. The van der Waals surface area contributed by atoms with Gasteiger partial charge in [-0.15, -0.1) is 0 Å². The van der Waals surface area contributed by atoms with E-state index in [-0.39, 0.29) is 12.4 Å². The number of carboxylic acid groups (broad SMARTS) is 1. The highest BCUT2D eigenvalue weighted by Crippen LogP contribution is 2.13. The van der Waals surface area contributed by atoms with E-state index in [9.17, 15) is 9.59 Å². The van der Waals surface area contributed by atoms with Crippen LogP contribution in [0.5, 0.6) is 0 Å². The van der Waals surface area contributed by atoms with Gasteiger partial charge in [0.1, 0.15) is 6.54 Å². The zero-order valence-electron chi connectivity index (χ0n) is 14.7. The smallest absolute Gasteiger partial charge is 0.323 e. The van der Waals surface area contributed by atoms with Crippen molar-refractivity contribution in [2.75, 3.05) is 18.5 Å². The number of aliphatic hydroxyl groups is 1. The van der Waals surface area contributed by atoms with Crippen molar-refractivity contribution in [2.24, 2.45) is 0 Å². The van der Waals surface area contributed by atoms with E-state index in [1.54, 1.807) is 13.0 Å². The maximum Gasteiger partial charge on any atom is 0.323 e. The number of aromatic nitrogens is 2. The van der Waals surface area contributed by atoms with Gasteiger partial charge in [0, 0.05) is 13.2 Å². The highest BCUT2D eigenvalue weighted by Gasteiger charge is 2.14. The predicted octanol–water partition coefficient (Wildman–Crippen LogP) is 1.77. The van der Waals surface area contributed by atoms with E-state index in [1.165, 1.54) is 10.8 Å². The Labute approximate surface area is 151 Å². The zero-order valence-corrected chi connectivity index (χ0v) is 14.7. The van der Waals surface area contributed by atoms with Crippen LogP contribution in [-0.4, -0.2) is 38.9 Å². The Bertz CT molecular complexity index is 828. The molecule has 1 aromatic heterocycles. The number of hydrogen-bond acceptors (Lipinski definition) is 5. The molecule has 0 amide bonds. The minimum absolute atomic E-state index is 0.0208. The summed E-state index contributed by atoms with van der Waals surface area (Å²) in [6, 6.07) is 9.83. The number of nitrogens with one attached hydrogen (secondary N) is 1. The maximum absolute atomic E-state index is 12.6. The second kappa shape index (κ2) is 9.53. The minimum atomic E-state index is -1.11. The number of aliphatic carboxylic acids is 1. The van der Waals surface area contributed by atoms with Crippen LogP contribution in [0.1, 0.15) is 24.6 Å². The molecule has 3 N–H and O–H groups in total. The van der Waals surface area contributed by atoms with Crippen molar-refractivity contribution in [3.8, 4) is 0 Å². The molecule has 1 aromatic carbocycles. The fraction of sp³-hybridized carbons (Fsp3) is 0.316. The van der Waals surface area contributed by atoms with Crippen molar-refractivity contribution < 1.29 is 15.0 Å². The number of allylic oxidation sites excluding steroid dienone is 1. The molecular weight excluding hydrogens is 334 g/mol. The molecule has 0 unspecified atom stereocenters. The molecule has 2 aromatic rings. The molecule has 0 aliphatic rings. The summed E-state index contributed by atoms with van der Waals surface area (Å²) in [4.78, 5) is 28.0. The van der Waals surface area contributed by atoms with Crippen molar-refractivity contribution >= 4 is 17.4 Å². The van der Waals surface area contributed by atoms with Crippen LogP contribution in [0, 0.1) is 0 Å². The van der Waals surface area contributed by atoms with Gasteiger partial charge in [0.05, 0.1) is 11.9 Å². The number of anilines is 1. The van der Waals surface area contributed by atoms with Crippen molar-refractivity contribution in [3.63, 3.8) is 0 Å². The van der Waals surface area contributed by atoms with Crippen LogP contribution < -0.4 is 10.9 Å². The van der Waals surface area contributed by atoms with Crippen molar-refractivity contribution in [3.05, 3.63) is 64.2 Å². The van der Waals surface area contributed by atoms with Crippen molar-refractivity contribution in [1.82, 2.24) is 9.55 Å². The Morgan fingerprint density at radius 2 is 2.04 bits per heavy atom. The Balaban J connectivity index is 2.22. The fourth-order valence-electron chi connectivity index (χ4n) is 2.57. The highest BCUT2D eigenvalue weighted by molar-refractivity contribution is 5.68. The van der Waals surface area contributed by atoms with E-state index < -0.39 is 18.1 Å². The van der Waals surface area contributed by atoms with Gasteiger partial charge in [-0.05, 0) is 30.9 Å².